The van der Waals surface area contributed by atoms with E-state index in [1.807, 2.05) is 111 Å². The van der Waals surface area contributed by atoms with E-state index in [1.165, 1.54) is 96.5 Å². The first-order valence-corrected chi connectivity index (χ1v) is 66.7. The van der Waals surface area contributed by atoms with Crippen LogP contribution in [0.5, 0.6) is 0 Å². The van der Waals surface area contributed by atoms with E-state index in [1.54, 1.807) is 134 Å². The second kappa shape index (κ2) is 102. The van der Waals surface area contributed by atoms with E-state index in [-0.39, 0.29) is 24.0 Å². The molecule has 0 heterocycles. The summed E-state index contributed by atoms with van der Waals surface area (Å²) in [6.07, 6.45) is 10.9. The molecule has 0 unspecified atom stereocenters. The molecule has 6 aromatic rings. The molecule has 1 N–H and O–H groups in total. The second-order valence-corrected chi connectivity index (χ2v) is 49.7. The molecule has 6 aromatic carbocycles. The number of nitriles is 1. The Morgan fingerprint density at radius 3 is 0.711 bits per heavy atom. The third-order valence-corrected chi connectivity index (χ3v) is 40.1. The van der Waals surface area contributed by atoms with E-state index in [0.717, 1.165) is 130 Å². The molecule has 0 spiro atoms. The number of alkyl halides is 1. The lowest BCUT2D eigenvalue weighted by atomic mass is 9.83. The number of nitrogens with one attached hydrogen (secondary N) is 1. The number of halogens is 2. The number of fused-ring (bicyclic) bond motifs is 2. The van der Waals surface area contributed by atoms with Gasteiger partial charge in [0, 0.05) is 271 Å². The molecule has 0 atom stereocenters. The highest BCUT2D eigenvalue weighted by molar-refractivity contribution is 14.1. The molecular formula is C110H199I2N7O22Si8. The summed E-state index contributed by atoms with van der Waals surface area (Å²) < 4.78 is 128. The highest BCUT2D eigenvalue weighted by Crippen LogP contribution is 2.41. The van der Waals surface area contributed by atoms with E-state index in [2.05, 4.69) is 279 Å². The Morgan fingerprint density at radius 1 is 0.315 bits per heavy atom. The molecule has 2 aliphatic rings. The van der Waals surface area contributed by atoms with Crippen LogP contribution in [-0.4, -0.2) is 281 Å². The first kappa shape index (κ1) is 161. The number of hydrogen-bond acceptors (Lipinski definition) is 28. The van der Waals surface area contributed by atoms with Crippen molar-refractivity contribution in [1.82, 2.24) is 0 Å². The summed E-state index contributed by atoms with van der Waals surface area (Å²) in [5, 5.41) is 7.32. The summed E-state index contributed by atoms with van der Waals surface area (Å²) in [5.41, 5.74) is 21.9. The third kappa shape index (κ3) is 57.5. The summed E-state index contributed by atoms with van der Waals surface area (Å²) in [5.74, 6) is 0. The molecule has 0 fully saturated rings. The van der Waals surface area contributed by atoms with Crippen molar-refractivity contribution in [3.63, 3.8) is 0 Å². The number of allylic oxidation sites excluding steroid dienone is 6. The fourth-order valence-electron chi connectivity index (χ4n) is 14.8. The van der Waals surface area contributed by atoms with Crippen molar-refractivity contribution in [3.05, 3.63) is 214 Å². The summed E-state index contributed by atoms with van der Waals surface area (Å²) in [6, 6.07) is 60.3. The van der Waals surface area contributed by atoms with Gasteiger partial charge in [-0.2, -0.15) is 5.26 Å². The van der Waals surface area contributed by atoms with Crippen molar-refractivity contribution < 1.29 is 126 Å². The van der Waals surface area contributed by atoms with E-state index < -0.39 is 71.4 Å². The van der Waals surface area contributed by atoms with Crippen LogP contribution in [0, 0.1) is 11.3 Å². The van der Waals surface area contributed by atoms with Crippen molar-refractivity contribution in [1.29, 1.82) is 5.26 Å². The van der Waals surface area contributed by atoms with Gasteiger partial charge in [0.1, 0.15) is 6.54 Å². The Labute approximate surface area is 946 Å². The lowest BCUT2D eigenvalue weighted by molar-refractivity contribution is -0.455. The molecule has 2 aliphatic carbocycles. The molecule has 0 saturated carbocycles. The van der Waals surface area contributed by atoms with Crippen LogP contribution in [0.2, 0.25) is 36.3 Å². The highest BCUT2D eigenvalue weighted by atomic mass is 127. The maximum absolute atomic E-state index is 8.40. The lowest BCUT2D eigenvalue weighted by Crippen LogP contribution is -3.00. The van der Waals surface area contributed by atoms with Crippen LogP contribution in [-0.2, 0) is 97.5 Å². The average molecular weight is 2450 g/mol. The number of anilines is 4. The lowest BCUT2D eigenvalue weighted by Gasteiger charge is -2.24. The van der Waals surface area contributed by atoms with Crippen molar-refractivity contribution >= 4 is 150 Å². The normalized spacial score (nSPS) is 11.5. The molecule has 0 aromatic heterocycles. The summed E-state index contributed by atoms with van der Waals surface area (Å²) >= 11 is 2.33. The van der Waals surface area contributed by atoms with Gasteiger partial charge in [0.2, 0.25) is 5.71 Å². The van der Waals surface area contributed by atoms with E-state index >= 15 is 0 Å². The quantitative estimate of drug-likeness (QED) is 0.0161. The minimum absolute atomic E-state index is 0. The Bertz CT molecular complexity index is 4190. The van der Waals surface area contributed by atoms with Gasteiger partial charge in [-0.05, 0) is 196 Å². The Hall–Kier alpha value is -6.01. The average Bonchev–Trinajstić information content (AvgIpc) is 0.769. The predicted molar refractivity (Wildman–Crippen MR) is 644 cm³/mol. The number of nitrogens with zero attached hydrogens (tertiary/aromatic N) is 6. The van der Waals surface area contributed by atoms with E-state index in [4.69, 9.17) is 108 Å². The third-order valence-electron chi connectivity index (χ3n) is 22.8. The molecular weight excluding hydrogens is 2250 g/mol. The SMILES string of the molecule is CC.CC.CC.CC.CC.CC.CC#N.CCN(CC)c1ccc(C(=C2C=CC(=[NH+]CCC[Si](OC)(OC)OC)c3ccccc32)c2ccc(N(CC)CC)cc2)cc1.CCN=C1C=CC(=C(c2ccc(N(CC)CC)cc2)c2ccc(N(CC)CC)cc2)c2ccccc21.CC[Si](OC)(OC)OC.CC[Si](OC)(OC)OC.CC[Si](OC)(OC)OC.CC[Si](OC)(OC)OC.CO[Si](CCCI)(OC)OC.O=[Si]=O.O=[Si]=O.[I-]. The molecule has 0 amide bonds. The fraction of sp³-hybridized carbons (Fsp3) is 0.573. The Morgan fingerprint density at radius 2 is 0.517 bits per heavy atom. The molecule has 29 nitrogen and oxygen atoms in total. The van der Waals surface area contributed by atoms with Crippen molar-refractivity contribution in [2.24, 2.45) is 4.99 Å². The van der Waals surface area contributed by atoms with Gasteiger partial charge in [-0.25, -0.2) is 4.99 Å². The van der Waals surface area contributed by atoms with Gasteiger partial charge in [0.15, 0.2) is 0 Å². The monoisotopic (exact) mass is 2450 g/mol. The molecule has 39 heteroatoms. The van der Waals surface area contributed by atoms with Gasteiger partial charge < -0.3 is 123 Å². The second-order valence-electron chi connectivity index (χ2n) is 28.9. The number of benzene rings is 6. The van der Waals surface area contributed by atoms with E-state index in [0.29, 0.717) is 0 Å². The molecule has 8 rings (SSSR count). The Balaban J connectivity index is -0.000000235. The fourth-order valence-corrected chi connectivity index (χ4v) is 24.8. The largest absolute Gasteiger partial charge is 1.00 e. The topological polar surface area (TPSA) is 297 Å². The molecule has 0 saturated heterocycles. The first-order chi connectivity index (χ1) is 71.6. The van der Waals surface area contributed by atoms with Crippen LogP contribution in [0.1, 0.15) is 237 Å². The minimum Gasteiger partial charge on any atom is -1.00 e. The number of hydrogen-bond donors (Lipinski definition) is 1. The summed E-state index contributed by atoms with van der Waals surface area (Å²) in [6.45, 7) is 62.7. The Kier molecular flexibility index (Phi) is 110. The van der Waals surface area contributed by atoms with Gasteiger partial charge >= 0.3 is 71.4 Å². The summed E-state index contributed by atoms with van der Waals surface area (Å²) in [7, 11) is 12.9. The molecule has 0 aliphatic heterocycles. The van der Waals surface area contributed by atoms with Crippen LogP contribution >= 0.6 is 22.6 Å². The van der Waals surface area contributed by atoms with Crippen molar-refractivity contribution in [2.45, 2.75) is 229 Å². The van der Waals surface area contributed by atoms with Gasteiger partial charge in [-0.3, -0.25) is 22.8 Å². The van der Waals surface area contributed by atoms with Gasteiger partial charge in [-0.15, -0.1) is 0 Å². The first-order valence-electron chi connectivity index (χ1n) is 52.0. The molecule has 0 bridgehead atoms. The van der Waals surface area contributed by atoms with Crippen molar-refractivity contribution in [2.75, 3.05) is 217 Å². The zero-order valence-electron chi connectivity index (χ0n) is 100. The smallest absolute Gasteiger partial charge is 0.549 e. The van der Waals surface area contributed by atoms with Gasteiger partial charge in [0.25, 0.3) is 0 Å². The van der Waals surface area contributed by atoms with Crippen LogP contribution in [0.4, 0.5) is 22.7 Å². The maximum atomic E-state index is 8.40. The van der Waals surface area contributed by atoms with Crippen molar-refractivity contribution in [3.8, 4) is 6.07 Å². The van der Waals surface area contributed by atoms with Gasteiger partial charge in [0.05, 0.1) is 17.3 Å². The van der Waals surface area contributed by atoms with Gasteiger partial charge in [-0.1, -0.05) is 230 Å². The zero-order chi connectivity index (χ0) is 115. The molecule has 0 radical (unpaired) electrons. The van der Waals surface area contributed by atoms with Crippen LogP contribution < -0.4 is 48.6 Å². The zero-order valence-corrected chi connectivity index (χ0v) is 112. The number of rotatable bonds is 46. The standard InChI is InChI=1S/C37H49N3O3Si.C33H39N3.C6H15IO3Si.4C5H14O3Si.C2H3N.6C2H6.HI.2O2Si/c1-8-39(9-2)31-21-17-29(18-22-31)37(30-19-23-32(24-20-30)40(10-3)11-4)35-25-26-36(34-16-13-12-15-33(34)35)38-27-14-28-44(41-5,42-6)43-7;1-6-34-32-24-23-31(29-13-11-12-14-30(29)32)33(25-15-19-27(20-16-25)35(7-2)8-3)26-17-21-28(22-18-26)36(9-4)10-5;1-8-11(9-2,10-3)6-4-5-7;4*1-5-9(6-2,7-3)8-4;1-2-3;6*1-2;;2*1-3-2/h12-13,15-26H,8-11,14,27-28H2,1-7H3;11-24H,6-10H2,1-5H3;4-6H2,1-3H3;4*5H2,1-4H3;1H3;6*1-2H3;1H;;. The van der Waals surface area contributed by atoms with Crippen LogP contribution in [0.15, 0.2) is 175 Å². The summed E-state index contributed by atoms with van der Waals surface area (Å²) in [4.78, 5) is 18.0. The predicted octanol–water partition coefficient (Wildman–Crippen LogP) is 21.4. The molecule has 149 heavy (non-hydrogen) atoms. The van der Waals surface area contributed by atoms with Crippen LogP contribution in [0.25, 0.3) is 22.3 Å². The highest BCUT2D eigenvalue weighted by Gasteiger charge is 2.40. The molecule has 852 valence electrons. The minimum atomic E-state index is -2.59. The van der Waals surface area contributed by atoms with E-state index in [9.17, 15) is 0 Å². The number of aliphatic imine (C=N–C) groups is 1. The van der Waals surface area contributed by atoms with Crippen LogP contribution in [0.3, 0.4) is 0 Å². The maximum Gasteiger partial charge on any atom is 0.549 e.